The standard InChI is InChI=1S/C74H143NO5/c1-3-5-7-9-11-13-15-16-17-18-19-20-21-25-28-31-34-37-40-43-47-50-54-58-62-66-72(77)71(70-76)75-73(78)67-63-59-55-51-48-44-41-38-35-32-29-26-23-22-24-27-30-33-36-39-42-45-49-53-57-61-65-69-80-74(79)68-64-60-56-52-46-14-12-10-8-6-4-2/h10,12,62,66,71-72,76-77H,3-9,11,13-61,63-65,67-70H2,1-2H3,(H,75,78)/b12-10-,66-62+. The van der Waals surface area contributed by atoms with Crippen LogP contribution in [0.1, 0.15) is 412 Å². The number of carbonyl (C=O) groups is 2. The largest absolute Gasteiger partial charge is 0.466 e. The zero-order valence-electron chi connectivity index (χ0n) is 54.3. The third-order valence-electron chi connectivity index (χ3n) is 17.2. The molecule has 6 heteroatoms. The third-order valence-corrected chi connectivity index (χ3v) is 17.2. The molecule has 0 spiro atoms. The Labute approximate surface area is 501 Å². The zero-order valence-corrected chi connectivity index (χ0v) is 54.3. The average molecular weight is 1130 g/mol. The summed E-state index contributed by atoms with van der Waals surface area (Å²) in [6.07, 6.45) is 88.5. The Morgan fingerprint density at radius 1 is 0.338 bits per heavy atom. The summed E-state index contributed by atoms with van der Waals surface area (Å²) in [5.41, 5.74) is 0. The van der Waals surface area contributed by atoms with E-state index in [1.165, 1.54) is 340 Å². The van der Waals surface area contributed by atoms with E-state index >= 15 is 0 Å². The fourth-order valence-electron chi connectivity index (χ4n) is 11.6. The highest BCUT2D eigenvalue weighted by Crippen LogP contribution is 2.19. The Kier molecular flexibility index (Phi) is 68.4. The zero-order chi connectivity index (χ0) is 57.8. The van der Waals surface area contributed by atoms with Gasteiger partial charge in [-0.05, 0) is 51.4 Å². The minimum absolute atomic E-state index is 0.00730. The van der Waals surface area contributed by atoms with Crippen LogP contribution in [-0.4, -0.2) is 47.4 Å². The summed E-state index contributed by atoms with van der Waals surface area (Å²) in [5.74, 6) is -0.0531. The van der Waals surface area contributed by atoms with E-state index in [4.69, 9.17) is 4.74 Å². The van der Waals surface area contributed by atoms with E-state index in [0.29, 0.717) is 19.4 Å². The molecule has 2 atom stereocenters. The highest BCUT2D eigenvalue weighted by Gasteiger charge is 2.18. The lowest BCUT2D eigenvalue weighted by molar-refractivity contribution is -0.143. The average Bonchev–Trinajstić information content (AvgIpc) is 3.46. The lowest BCUT2D eigenvalue weighted by Gasteiger charge is -2.20. The van der Waals surface area contributed by atoms with E-state index in [2.05, 4.69) is 31.3 Å². The lowest BCUT2D eigenvalue weighted by atomic mass is 10.0. The van der Waals surface area contributed by atoms with Crippen LogP contribution in [0.5, 0.6) is 0 Å². The van der Waals surface area contributed by atoms with E-state index in [1.54, 1.807) is 6.08 Å². The maximum absolute atomic E-state index is 12.5. The molecule has 0 radical (unpaired) electrons. The normalized spacial score (nSPS) is 12.6. The number of hydrogen-bond acceptors (Lipinski definition) is 5. The molecule has 474 valence electrons. The van der Waals surface area contributed by atoms with Crippen LogP contribution < -0.4 is 5.32 Å². The molecule has 2 unspecified atom stereocenters. The van der Waals surface area contributed by atoms with Crippen molar-refractivity contribution in [3.63, 3.8) is 0 Å². The van der Waals surface area contributed by atoms with Crippen molar-refractivity contribution < 1.29 is 24.5 Å². The van der Waals surface area contributed by atoms with Crippen LogP contribution in [-0.2, 0) is 14.3 Å². The first kappa shape index (κ1) is 78.3. The number of nitrogens with one attached hydrogen (secondary N) is 1. The Morgan fingerprint density at radius 2 is 0.600 bits per heavy atom. The number of ether oxygens (including phenoxy) is 1. The van der Waals surface area contributed by atoms with Crippen molar-refractivity contribution in [2.45, 2.75) is 424 Å². The summed E-state index contributed by atoms with van der Waals surface area (Å²) >= 11 is 0. The van der Waals surface area contributed by atoms with Crippen LogP contribution in [0.2, 0.25) is 0 Å². The summed E-state index contributed by atoms with van der Waals surface area (Å²) in [7, 11) is 0. The molecule has 0 rings (SSSR count). The first-order chi connectivity index (χ1) is 39.5. The molecular weight excluding hydrogens is 983 g/mol. The summed E-state index contributed by atoms with van der Waals surface area (Å²) < 4.78 is 5.47. The number of aliphatic hydroxyl groups is 2. The first-order valence-electron chi connectivity index (χ1n) is 36.6. The van der Waals surface area contributed by atoms with Gasteiger partial charge in [0.1, 0.15) is 0 Å². The number of rotatable bonds is 69. The predicted octanol–water partition coefficient (Wildman–Crippen LogP) is 23.7. The Balaban J connectivity index is 3.39. The molecule has 0 saturated heterocycles. The van der Waals surface area contributed by atoms with Crippen molar-refractivity contribution in [2.75, 3.05) is 13.2 Å². The topological polar surface area (TPSA) is 95.9 Å². The molecule has 0 heterocycles. The molecular formula is C74H143NO5. The van der Waals surface area contributed by atoms with Gasteiger partial charge in [0, 0.05) is 12.8 Å². The van der Waals surface area contributed by atoms with Gasteiger partial charge in [0.25, 0.3) is 0 Å². The quantitative estimate of drug-likeness (QED) is 0.0320. The Morgan fingerprint density at radius 3 is 0.925 bits per heavy atom. The Hall–Kier alpha value is -1.66. The minimum Gasteiger partial charge on any atom is -0.466 e. The minimum atomic E-state index is -0.844. The maximum atomic E-state index is 12.5. The molecule has 0 aromatic heterocycles. The number of amides is 1. The molecule has 0 aromatic carbocycles. The molecule has 1 amide bonds. The van der Waals surface area contributed by atoms with Crippen molar-refractivity contribution in [3.8, 4) is 0 Å². The summed E-state index contributed by atoms with van der Waals surface area (Å²) in [6.45, 7) is 4.91. The van der Waals surface area contributed by atoms with Gasteiger partial charge in [-0.25, -0.2) is 0 Å². The van der Waals surface area contributed by atoms with E-state index in [-0.39, 0.29) is 18.5 Å². The number of aliphatic hydroxyl groups excluding tert-OH is 2. The van der Waals surface area contributed by atoms with Crippen molar-refractivity contribution in [1.29, 1.82) is 0 Å². The molecule has 0 saturated carbocycles. The summed E-state index contributed by atoms with van der Waals surface area (Å²) in [6, 6.07) is -0.627. The van der Waals surface area contributed by atoms with Gasteiger partial charge in [0.15, 0.2) is 0 Å². The van der Waals surface area contributed by atoms with Gasteiger partial charge >= 0.3 is 5.97 Å². The van der Waals surface area contributed by atoms with Crippen LogP contribution in [0.3, 0.4) is 0 Å². The van der Waals surface area contributed by atoms with Gasteiger partial charge in [-0.3, -0.25) is 9.59 Å². The number of carbonyl (C=O) groups excluding carboxylic acids is 2. The predicted molar refractivity (Wildman–Crippen MR) is 352 cm³/mol. The maximum Gasteiger partial charge on any atom is 0.305 e. The molecule has 0 aliphatic carbocycles. The van der Waals surface area contributed by atoms with Crippen molar-refractivity contribution in [2.24, 2.45) is 0 Å². The van der Waals surface area contributed by atoms with Crippen molar-refractivity contribution >= 4 is 11.9 Å². The van der Waals surface area contributed by atoms with Crippen LogP contribution in [0.15, 0.2) is 24.3 Å². The molecule has 6 nitrogen and oxygen atoms in total. The summed E-state index contributed by atoms with van der Waals surface area (Å²) in [4.78, 5) is 24.6. The number of hydrogen-bond donors (Lipinski definition) is 3. The fourth-order valence-corrected chi connectivity index (χ4v) is 11.6. The third kappa shape index (κ3) is 65.5. The molecule has 0 fully saturated rings. The second-order valence-corrected chi connectivity index (χ2v) is 25.3. The molecule has 0 aromatic rings. The van der Waals surface area contributed by atoms with E-state index in [0.717, 1.165) is 44.9 Å². The highest BCUT2D eigenvalue weighted by molar-refractivity contribution is 5.76. The van der Waals surface area contributed by atoms with E-state index < -0.39 is 12.1 Å². The van der Waals surface area contributed by atoms with Gasteiger partial charge in [0.2, 0.25) is 5.91 Å². The van der Waals surface area contributed by atoms with Gasteiger partial charge < -0.3 is 20.3 Å². The van der Waals surface area contributed by atoms with Gasteiger partial charge in [-0.15, -0.1) is 0 Å². The monoisotopic (exact) mass is 1130 g/mol. The fraction of sp³-hybridized carbons (Fsp3) is 0.919. The number of esters is 1. The molecule has 0 bridgehead atoms. The second-order valence-electron chi connectivity index (χ2n) is 25.3. The van der Waals surface area contributed by atoms with E-state index in [9.17, 15) is 19.8 Å². The number of allylic oxidation sites excluding steroid dienone is 3. The lowest BCUT2D eigenvalue weighted by Crippen LogP contribution is -2.45. The van der Waals surface area contributed by atoms with Crippen LogP contribution in [0.4, 0.5) is 0 Å². The van der Waals surface area contributed by atoms with Gasteiger partial charge in [-0.2, -0.15) is 0 Å². The van der Waals surface area contributed by atoms with Gasteiger partial charge in [0.05, 0.1) is 25.4 Å². The van der Waals surface area contributed by atoms with Crippen LogP contribution >= 0.6 is 0 Å². The second kappa shape index (κ2) is 69.8. The molecule has 0 aliphatic rings. The van der Waals surface area contributed by atoms with Crippen molar-refractivity contribution in [3.05, 3.63) is 24.3 Å². The smallest absolute Gasteiger partial charge is 0.305 e. The number of unbranched alkanes of at least 4 members (excludes halogenated alkanes) is 56. The highest BCUT2D eigenvalue weighted by atomic mass is 16.5. The summed E-state index contributed by atoms with van der Waals surface area (Å²) in [5, 5.41) is 23.3. The molecule has 80 heavy (non-hydrogen) atoms. The first-order valence-corrected chi connectivity index (χ1v) is 36.6. The Bertz CT molecular complexity index is 1250. The van der Waals surface area contributed by atoms with Gasteiger partial charge in [-0.1, -0.05) is 372 Å². The molecule has 3 N–H and O–H groups in total. The molecule has 0 aliphatic heterocycles. The van der Waals surface area contributed by atoms with Crippen LogP contribution in [0.25, 0.3) is 0 Å². The van der Waals surface area contributed by atoms with Crippen LogP contribution in [0, 0.1) is 0 Å². The SMILES string of the molecule is CCCC/C=C\CCCCCCCC(=O)OCCCCCCCCCCCCCCCCCCCCCCCCCCCCCC(=O)NC(CO)C(O)/C=C/CCCCCCCCCCCCCCCCCCCCCCCCC. The van der Waals surface area contributed by atoms with Crippen molar-refractivity contribution in [1.82, 2.24) is 5.32 Å². The van der Waals surface area contributed by atoms with E-state index in [1.807, 2.05) is 6.08 Å².